The van der Waals surface area contributed by atoms with Crippen LogP contribution in [0, 0.1) is 0 Å². The second-order valence-corrected chi connectivity index (χ2v) is 6.73. The number of hydrogen-bond acceptors (Lipinski definition) is 7. The van der Waals surface area contributed by atoms with Crippen LogP contribution in [0.3, 0.4) is 0 Å². The van der Waals surface area contributed by atoms with E-state index >= 15 is 0 Å². The average Bonchev–Trinajstić information content (AvgIpc) is 2.67. The molecule has 3 rings (SSSR count). The molecule has 8 heteroatoms. The van der Waals surface area contributed by atoms with Crippen molar-refractivity contribution >= 4 is 17.8 Å². The minimum absolute atomic E-state index is 0.207. The van der Waals surface area contributed by atoms with Gasteiger partial charge in [0.15, 0.2) is 0 Å². The number of hydrogen-bond donors (Lipinski definition) is 1. The van der Waals surface area contributed by atoms with Crippen LogP contribution in [0.4, 0.5) is 0 Å². The molecule has 0 aromatic heterocycles. The summed E-state index contributed by atoms with van der Waals surface area (Å²) in [6.07, 6.45) is 0.728. The first-order valence-corrected chi connectivity index (χ1v) is 9.23. The van der Waals surface area contributed by atoms with Gasteiger partial charge >= 0.3 is 11.9 Å². The van der Waals surface area contributed by atoms with E-state index in [1.54, 1.807) is 24.3 Å². The Labute approximate surface area is 158 Å². The molecule has 2 fully saturated rings. The highest BCUT2D eigenvalue weighted by molar-refractivity contribution is 5.90. The van der Waals surface area contributed by atoms with Crippen molar-refractivity contribution in [1.82, 2.24) is 15.1 Å². The molecule has 0 saturated carbocycles. The lowest BCUT2D eigenvalue weighted by molar-refractivity contribution is -0.176. The first-order valence-electron chi connectivity index (χ1n) is 9.23. The molecule has 1 aromatic rings. The topological polar surface area (TPSA) is 88.2 Å². The molecule has 2 heterocycles. The number of rotatable bonds is 5. The SMILES string of the molecule is CC(=O)OC(=O)C(Oc1ccccc1)N1CCN(C2CCNCC2)CC1=O. The molecule has 27 heavy (non-hydrogen) atoms. The average molecular weight is 375 g/mol. The summed E-state index contributed by atoms with van der Waals surface area (Å²) >= 11 is 0. The Morgan fingerprint density at radius 2 is 1.85 bits per heavy atom. The Morgan fingerprint density at radius 1 is 1.15 bits per heavy atom. The molecule has 1 N–H and O–H groups in total. The molecular formula is C19H25N3O5. The quantitative estimate of drug-likeness (QED) is 0.588. The molecule has 8 nitrogen and oxygen atoms in total. The first kappa shape index (κ1) is 19.3. The molecule has 0 radical (unpaired) electrons. The molecule has 0 spiro atoms. The molecule has 1 amide bonds. The Kier molecular flexibility index (Phi) is 6.41. The van der Waals surface area contributed by atoms with Crippen LogP contribution in [-0.2, 0) is 19.1 Å². The lowest BCUT2D eigenvalue weighted by atomic mass is 10.0. The number of piperazine rings is 1. The zero-order valence-corrected chi connectivity index (χ0v) is 15.4. The number of nitrogens with zero attached hydrogens (tertiary/aromatic N) is 2. The van der Waals surface area contributed by atoms with E-state index < -0.39 is 18.2 Å². The maximum absolute atomic E-state index is 12.8. The summed E-state index contributed by atoms with van der Waals surface area (Å²) in [7, 11) is 0. The highest BCUT2D eigenvalue weighted by Gasteiger charge is 2.38. The molecule has 2 aliphatic heterocycles. The zero-order valence-electron chi connectivity index (χ0n) is 15.4. The van der Waals surface area contributed by atoms with Crippen molar-refractivity contribution in [2.24, 2.45) is 0 Å². The van der Waals surface area contributed by atoms with Gasteiger partial charge in [-0.3, -0.25) is 19.4 Å². The number of piperidine rings is 1. The number of carbonyl (C=O) groups excluding carboxylic acids is 3. The van der Waals surface area contributed by atoms with Gasteiger partial charge in [0.05, 0.1) is 6.54 Å². The minimum Gasteiger partial charge on any atom is -0.459 e. The van der Waals surface area contributed by atoms with Gasteiger partial charge in [0.25, 0.3) is 6.23 Å². The van der Waals surface area contributed by atoms with E-state index in [4.69, 9.17) is 9.47 Å². The van der Waals surface area contributed by atoms with Crippen LogP contribution in [0.1, 0.15) is 19.8 Å². The molecule has 0 bridgehead atoms. The molecule has 1 atom stereocenters. The van der Waals surface area contributed by atoms with Crippen molar-refractivity contribution in [2.75, 3.05) is 32.7 Å². The number of esters is 2. The highest BCUT2D eigenvalue weighted by atomic mass is 16.6. The number of amides is 1. The van der Waals surface area contributed by atoms with Crippen LogP contribution >= 0.6 is 0 Å². The van der Waals surface area contributed by atoms with E-state index in [0.29, 0.717) is 24.9 Å². The van der Waals surface area contributed by atoms with Crippen molar-refractivity contribution in [3.05, 3.63) is 30.3 Å². The number of para-hydroxylation sites is 1. The number of nitrogens with one attached hydrogen (secondary N) is 1. The largest absolute Gasteiger partial charge is 0.459 e. The van der Waals surface area contributed by atoms with Crippen molar-refractivity contribution in [1.29, 1.82) is 0 Å². The van der Waals surface area contributed by atoms with E-state index in [1.165, 1.54) is 4.90 Å². The van der Waals surface area contributed by atoms with E-state index in [2.05, 4.69) is 10.2 Å². The van der Waals surface area contributed by atoms with Crippen LogP contribution < -0.4 is 10.1 Å². The number of carbonyl (C=O) groups is 3. The molecule has 146 valence electrons. The summed E-state index contributed by atoms with van der Waals surface area (Å²) in [5, 5.41) is 3.32. The van der Waals surface area contributed by atoms with Crippen molar-refractivity contribution < 1.29 is 23.9 Å². The standard InChI is InChI=1S/C19H25N3O5/c1-14(23)26-19(25)18(27-16-5-3-2-4-6-16)22-12-11-21(13-17(22)24)15-7-9-20-10-8-15/h2-6,15,18,20H,7-13H2,1H3. The zero-order chi connectivity index (χ0) is 19.2. The summed E-state index contributed by atoms with van der Waals surface area (Å²) in [5.41, 5.74) is 0. The van der Waals surface area contributed by atoms with Crippen LogP contribution in [0.2, 0.25) is 0 Å². The van der Waals surface area contributed by atoms with Crippen LogP contribution in [-0.4, -0.2) is 72.6 Å². The van der Waals surface area contributed by atoms with Gasteiger partial charge in [-0.05, 0) is 38.1 Å². The third-order valence-corrected chi connectivity index (χ3v) is 4.83. The smallest absolute Gasteiger partial charge is 0.376 e. The molecule has 1 unspecified atom stereocenters. The van der Waals surface area contributed by atoms with E-state index in [1.807, 2.05) is 6.07 Å². The van der Waals surface area contributed by atoms with Crippen molar-refractivity contribution in [2.45, 2.75) is 32.0 Å². The second kappa shape index (κ2) is 8.96. The Morgan fingerprint density at radius 3 is 2.48 bits per heavy atom. The van der Waals surface area contributed by atoms with Gasteiger partial charge in [0, 0.05) is 26.1 Å². The molecule has 1 aromatic carbocycles. The Bertz CT molecular complexity index is 675. The molecule has 2 aliphatic rings. The molecule has 2 saturated heterocycles. The maximum Gasteiger partial charge on any atom is 0.376 e. The van der Waals surface area contributed by atoms with Gasteiger partial charge in [0.1, 0.15) is 5.75 Å². The molecular weight excluding hydrogens is 350 g/mol. The van der Waals surface area contributed by atoms with Crippen LogP contribution in [0.25, 0.3) is 0 Å². The van der Waals surface area contributed by atoms with E-state index in [9.17, 15) is 14.4 Å². The predicted molar refractivity (Wildman–Crippen MR) is 96.8 cm³/mol. The van der Waals surface area contributed by atoms with Gasteiger partial charge in [-0.25, -0.2) is 4.79 Å². The lowest BCUT2D eigenvalue weighted by Gasteiger charge is -2.41. The fourth-order valence-electron chi connectivity index (χ4n) is 3.50. The predicted octanol–water partition coefficient (Wildman–Crippen LogP) is 0.377. The maximum atomic E-state index is 12.8. The lowest BCUT2D eigenvalue weighted by Crippen LogP contribution is -2.60. The monoisotopic (exact) mass is 375 g/mol. The summed E-state index contributed by atoms with van der Waals surface area (Å²) in [6, 6.07) is 9.08. The first-order chi connectivity index (χ1) is 13.0. The summed E-state index contributed by atoms with van der Waals surface area (Å²) in [5.74, 6) is -1.39. The van der Waals surface area contributed by atoms with Gasteiger partial charge in [0.2, 0.25) is 5.91 Å². The van der Waals surface area contributed by atoms with Crippen LogP contribution in [0.15, 0.2) is 30.3 Å². The third-order valence-electron chi connectivity index (χ3n) is 4.83. The van der Waals surface area contributed by atoms with Gasteiger partial charge in [-0.15, -0.1) is 0 Å². The van der Waals surface area contributed by atoms with Gasteiger partial charge in [-0.1, -0.05) is 18.2 Å². The summed E-state index contributed by atoms with van der Waals surface area (Å²) in [4.78, 5) is 39.9. The van der Waals surface area contributed by atoms with Crippen molar-refractivity contribution in [3.63, 3.8) is 0 Å². The normalized spacial score (nSPS) is 20.2. The fourth-order valence-corrected chi connectivity index (χ4v) is 3.50. The van der Waals surface area contributed by atoms with Gasteiger partial charge < -0.3 is 14.8 Å². The van der Waals surface area contributed by atoms with Gasteiger partial charge in [-0.2, -0.15) is 0 Å². The Hall–Kier alpha value is -2.45. The second-order valence-electron chi connectivity index (χ2n) is 6.73. The number of benzene rings is 1. The minimum atomic E-state index is -1.28. The molecule has 0 aliphatic carbocycles. The summed E-state index contributed by atoms with van der Waals surface area (Å²) in [6.45, 7) is 4.26. The fraction of sp³-hybridized carbons (Fsp3) is 0.526. The third kappa shape index (κ3) is 5.05. The Balaban J connectivity index is 1.70. The van der Waals surface area contributed by atoms with E-state index in [-0.39, 0.29) is 12.5 Å². The van der Waals surface area contributed by atoms with Crippen LogP contribution in [0.5, 0.6) is 5.75 Å². The number of ether oxygens (including phenoxy) is 2. The highest BCUT2D eigenvalue weighted by Crippen LogP contribution is 2.19. The van der Waals surface area contributed by atoms with E-state index in [0.717, 1.165) is 32.9 Å². The van der Waals surface area contributed by atoms with Crippen molar-refractivity contribution in [3.8, 4) is 5.75 Å². The summed E-state index contributed by atoms with van der Waals surface area (Å²) < 4.78 is 10.4.